The number of hydrogen-bond donors (Lipinski definition) is 1. The Bertz CT molecular complexity index is 434. The van der Waals surface area contributed by atoms with E-state index in [0.717, 1.165) is 0 Å². The van der Waals surface area contributed by atoms with Gasteiger partial charge in [0.1, 0.15) is 0 Å². The number of primary amides is 1. The van der Waals surface area contributed by atoms with Crippen LogP contribution in [0.15, 0.2) is 12.1 Å². The molecule has 0 spiro atoms. The number of aromatic nitrogens is 2. The zero-order valence-corrected chi connectivity index (χ0v) is 9.02. The molecule has 0 aromatic carbocycles. The topological polar surface area (TPSA) is 89.2 Å². The monoisotopic (exact) mass is 240 g/mol. The van der Waals surface area contributed by atoms with Crippen LogP contribution in [0.4, 0.5) is 5.82 Å². The highest BCUT2D eigenvalue weighted by molar-refractivity contribution is 6.29. The smallest absolute Gasteiger partial charge is 0.229 e. The lowest BCUT2D eigenvalue weighted by Crippen LogP contribution is -2.29. The summed E-state index contributed by atoms with van der Waals surface area (Å²) in [5.74, 6) is -0.721. The molecule has 2 heterocycles. The second-order valence-corrected chi connectivity index (χ2v) is 3.91. The molecular weight excluding hydrogens is 232 g/mol. The fraction of sp³-hybridized carbons (Fsp3) is 0.333. The van der Waals surface area contributed by atoms with E-state index in [-0.39, 0.29) is 24.0 Å². The highest BCUT2D eigenvalue weighted by atomic mass is 35.5. The zero-order valence-electron chi connectivity index (χ0n) is 8.26. The standard InChI is InChI=1S/C9H9ClN4O2/c10-6-1-2-7(13-12-6)14-4-5(9(11)16)3-8(14)15/h1-2,5H,3-4H2,(H2,11,16). The van der Waals surface area contributed by atoms with Crippen molar-refractivity contribution in [1.82, 2.24) is 10.2 Å². The van der Waals surface area contributed by atoms with Gasteiger partial charge in [0.25, 0.3) is 0 Å². The van der Waals surface area contributed by atoms with Crippen LogP contribution < -0.4 is 10.6 Å². The number of nitrogens with zero attached hydrogens (tertiary/aromatic N) is 3. The fourth-order valence-corrected chi connectivity index (χ4v) is 1.67. The van der Waals surface area contributed by atoms with Gasteiger partial charge in [0.2, 0.25) is 11.8 Å². The summed E-state index contributed by atoms with van der Waals surface area (Å²) in [6.45, 7) is 0.254. The minimum Gasteiger partial charge on any atom is -0.369 e. The maximum absolute atomic E-state index is 11.6. The summed E-state index contributed by atoms with van der Waals surface area (Å²) in [7, 11) is 0. The van der Waals surface area contributed by atoms with Gasteiger partial charge in [-0.3, -0.25) is 14.5 Å². The summed E-state index contributed by atoms with van der Waals surface area (Å²) in [6, 6.07) is 3.12. The molecule has 1 aliphatic heterocycles. The van der Waals surface area contributed by atoms with Crippen molar-refractivity contribution in [2.75, 3.05) is 11.4 Å². The first kappa shape index (κ1) is 10.8. The third-order valence-corrected chi connectivity index (χ3v) is 2.62. The molecule has 0 bridgehead atoms. The second kappa shape index (κ2) is 4.05. The molecule has 6 nitrogen and oxygen atoms in total. The Morgan fingerprint density at radius 1 is 1.50 bits per heavy atom. The number of halogens is 1. The van der Waals surface area contributed by atoms with Crippen molar-refractivity contribution in [1.29, 1.82) is 0 Å². The average Bonchev–Trinajstić information content (AvgIpc) is 2.62. The first-order valence-corrected chi connectivity index (χ1v) is 5.04. The summed E-state index contributed by atoms with van der Waals surface area (Å²) in [4.78, 5) is 23.9. The van der Waals surface area contributed by atoms with Crippen LogP contribution >= 0.6 is 11.6 Å². The van der Waals surface area contributed by atoms with Gasteiger partial charge in [-0.2, -0.15) is 0 Å². The Morgan fingerprint density at radius 2 is 2.25 bits per heavy atom. The molecule has 2 amide bonds. The van der Waals surface area contributed by atoms with E-state index in [4.69, 9.17) is 17.3 Å². The summed E-state index contributed by atoms with van der Waals surface area (Å²) < 4.78 is 0. The molecule has 1 unspecified atom stereocenters. The molecule has 1 aromatic rings. The normalized spacial score (nSPS) is 20.2. The Labute approximate surface area is 96.4 Å². The summed E-state index contributed by atoms with van der Waals surface area (Å²) in [5.41, 5.74) is 5.15. The van der Waals surface area contributed by atoms with Crippen LogP contribution in [0.2, 0.25) is 5.15 Å². The van der Waals surface area contributed by atoms with E-state index in [1.807, 2.05) is 0 Å². The van der Waals surface area contributed by atoms with Crippen LogP contribution in [0.25, 0.3) is 0 Å². The van der Waals surface area contributed by atoms with Gasteiger partial charge in [0.05, 0.1) is 5.92 Å². The van der Waals surface area contributed by atoms with Crippen molar-refractivity contribution in [3.05, 3.63) is 17.3 Å². The highest BCUT2D eigenvalue weighted by Gasteiger charge is 2.34. The molecule has 84 valence electrons. The van der Waals surface area contributed by atoms with Crippen molar-refractivity contribution in [3.63, 3.8) is 0 Å². The molecule has 0 aliphatic carbocycles. The molecule has 16 heavy (non-hydrogen) atoms. The average molecular weight is 241 g/mol. The highest BCUT2D eigenvalue weighted by Crippen LogP contribution is 2.23. The van der Waals surface area contributed by atoms with Crippen LogP contribution in [-0.4, -0.2) is 28.6 Å². The van der Waals surface area contributed by atoms with Crippen LogP contribution in [-0.2, 0) is 9.59 Å². The van der Waals surface area contributed by atoms with Gasteiger partial charge in [-0.05, 0) is 12.1 Å². The molecule has 0 saturated carbocycles. The van der Waals surface area contributed by atoms with Gasteiger partial charge in [-0.15, -0.1) is 10.2 Å². The van der Waals surface area contributed by atoms with Crippen molar-refractivity contribution >= 4 is 29.2 Å². The third-order valence-electron chi connectivity index (χ3n) is 2.42. The molecule has 1 aliphatic rings. The van der Waals surface area contributed by atoms with Crippen LogP contribution in [0, 0.1) is 5.92 Å². The van der Waals surface area contributed by atoms with Crippen molar-refractivity contribution in [2.45, 2.75) is 6.42 Å². The number of amides is 2. The molecule has 7 heteroatoms. The molecule has 1 atom stereocenters. The Hall–Kier alpha value is -1.69. The number of anilines is 1. The summed E-state index contributed by atoms with van der Waals surface area (Å²) in [6.07, 6.45) is 0.125. The number of hydrogen-bond acceptors (Lipinski definition) is 4. The van der Waals surface area contributed by atoms with E-state index in [2.05, 4.69) is 10.2 Å². The quantitative estimate of drug-likeness (QED) is 0.786. The number of nitrogens with two attached hydrogens (primary N) is 1. The van der Waals surface area contributed by atoms with E-state index in [9.17, 15) is 9.59 Å². The lowest BCUT2D eigenvalue weighted by Gasteiger charge is -2.13. The minimum atomic E-state index is -0.474. The minimum absolute atomic E-state index is 0.125. The van der Waals surface area contributed by atoms with Crippen LogP contribution in [0.5, 0.6) is 0 Å². The van der Waals surface area contributed by atoms with Crippen LogP contribution in [0.1, 0.15) is 6.42 Å². The molecular formula is C9H9ClN4O2. The fourth-order valence-electron chi connectivity index (χ4n) is 1.57. The molecule has 2 rings (SSSR count). The number of carbonyl (C=O) groups is 2. The van der Waals surface area contributed by atoms with E-state index >= 15 is 0 Å². The predicted octanol–water partition coefficient (Wildman–Crippen LogP) is -0.0318. The lowest BCUT2D eigenvalue weighted by molar-refractivity contribution is -0.123. The SMILES string of the molecule is NC(=O)C1CC(=O)N(c2ccc(Cl)nn2)C1. The van der Waals surface area contributed by atoms with Crippen LogP contribution in [0.3, 0.4) is 0 Å². The van der Waals surface area contributed by atoms with E-state index in [1.54, 1.807) is 6.07 Å². The van der Waals surface area contributed by atoms with Gasteiger partial charge < -0.3 is 5.73 Å². The summed E-state index contributed by atoms with van der Waals surface area (Å²) >= 11 is 5.58. The predicted molar refractivity (Wildman–Crippen MR) is 56.7 cm³/mol. The van der Waals surface area contributed by atoms with Gasteiger partial charge >= 0.3 is 0 Å². The van der Waals surface area contributed by atoms with Gasteiger partial charge in [-0.25, -0.2) is 0 Å². The molecule has 1 saturated heterocycles. The lowest BCUT2D eigenvalue weighted by atomic mass is 10.1. The van der Waals surface area contributed by atoms with E-state index in [0.29, 0.717) is 5.82 Å². The molecule has 1 fully saturated rings. The molecule has 2 N–H and O–H groups in total. The first-order chi connectivity index (χ1) is 7.58. The maximum atomic E-state index is 11.6. The largest absolute Gasteiger partial charge is 0.369 e. The Balaban J connectivity index is 2.20. The van der Waals surface area contributed by atoms with Gasteiger partial charge in [0, 0.05) is 13.0 Å². The van der Waals surface area contributed by atoms with E-state index in [1.165, 1.54) is 11.0 Å². The second-order valence-electron chi connectivity index (χ2n) is 3.52. The van der Waals surface area contributed by atoms with Gasteiger partial charge in [0.15, 0.2) is 11.0 Å². The first-order valence-electron chi connectivity index (χ1n) is 4.67. The van der Waals surface area contributed by atoms with Gasteiger partial charge in [-0.1, -0.05) is 11.6 Å². The van der Waals surface area contributed by atoms with Crippen molar-refractivity contribution < 1.29 is 9.59 Å². The van der Waals surface area contributed by atoms with Crippen molar-refractivity contribution in [2.24, 2.45) is 11.7 Å². The third kappa shape index (κ3) is 1.96. The Morgan fingerprint density at radius 3 is 2.75 bits per heavy atom. The summed E-state index contributed by atoms with van der Waals surface area (Å²) in [5, 5.41) is 7.66. The zero-order chi connectivity index (χ0) is 11.7. The number of rotatable bonds is 2. The maximum Gasteiger partial charge on any atom is 0.229 e. The molecule has 0 radical (unpaired) electrons. The molecule has 1 aromatic heterocycles. The Kier molecular flexibility index (Phi) is 2.74. The number of carbonyl (C=O) groups excluding carboxylic acids is 2. The van der Waals surface area contributed by atoms with Crippen molar-refractivity contribution in [3.8, 4) is 0 Å². The van der Waals surface area contributed by atoms with E-state index < -0.39 is 11.8 Å².